The maximum absolute atomic E-state index is 15.0. The Hall–Kier alpha value is -7.50. The van der Waals surface area contributed by atoms with Gasteiger partial charge in [-0.3, -0.25) is 0 Å². The number of halogens is 6. The monoisotopic (exact) mass is 1070 g/mol. The zero-order valence-electron chi connectivity index (χ0n) is 43.6. The molecule has 77 heavy (non-hydrogen) atoms. The lowest BCUT2D eigenvalue weighted by atomic mass is 9.72. The first-order valence-corrected chi connectivity index (χ1v) is 26.1. The summed E-state index contributed by atoms with van der Waals surface area (Å²) < 4.78 is 125. The first-order chi connectivity index (χ1) is 37.2. The molecule has 0 saturated carbocycles. The molecule has 412 valence electrons. The quantitative estimate of drug-likeness (QED) is 0.0183. The van der Waals surface area contributed by atoms with E-state index in [1.165, 1.54) is 0 Å². The van der Waals surface area contributed by atoms with Gasteiger partial charge in [0.05, 0.1) is 73.8 Å². The molecule has 0 amide bonds. The Morgan fingerprint density at radius 2 is 0.597 bits per heavy atom. The highest BCUT2D eigenvalue weighted by Gasteiger charge is 2.72. The first kappa shape index (κ1) is 58.8. The fourth-order valence-electron chi connectivity index (χ4n) is 8.00. The molecular weight excluding hydrogens is 1000 g/mol. The Bertz CT molecular complexity index is 2550. The fourth-order valence-corrected chi connectivity index (χ4v) is 8.00. The van der Waals surface area contributed by atoms with Crippen LogP contribution in [0.2, 0.25) is 0 Å². The summed E-state index contributed by atoms with van der Waals surface area (Å²) >= 11 is 0. The number of anilines is 2. The van der Waals surface area contributed by atoms with E-state index in [4.69, 9.17) is 39.9 Å². The Kier molecular flexibility index (Phi) is 22.7. The zero-order chi connectivity index (χ0) is 54.9. The molecule has 0 unspecified atom stereocenters. The van der Waals surface area contributed by atoms with Gasteiger partial charge in [-0.25, -0.2) is 0 Å². The van der Waals surface area contributed by atoms with Crippen molar-refractivity contribution >= 4 is 34.1 Å². The number of nitrogen functional groups attached to an aromatic ring is 2. The average molecular weight is 1070 g/mol. The number of azo groups is 2. The molecular formula is C59H68F6N6O6. The van der Waals surface area contributed by atoms with Gasteiger partial charge < -0.3 is 39.9 Å². The van der Waals surface area contributed by atoms with Gasteiger partial charge in [-0.15, -0.1) is 0 Å². The third-order valence-corrected chi connectivity index (χ3v) is 12.3. The van der Waals surface area contributed by atoms with Gasteiger partial charge in [0.25, 0.3) is 0 Å². The van der Waals surface area contributed by atoms with Gasteiger partial charge in [-0.2, -0.15) is 46.8 Å². The molecule has 0 bridgehead atoms. The lowest BCUT2D eigenvalue weighted by Crippen LogP contribution is -2.54. The van der Waals surface area contributed by atoms with Crippen molar-refractivity contribution in [3.05, 3.63) is 145 Å². The number of nitrogens with two attached hydrogens (primary N) is 2. The smallest absolute Gasteiger partial charge is 0.411 e. The highest BCUT2D eigenvalue weighted by molar-refractivity contribution is 5.62. The van der Waals surface area contributed by atoms with Crippen LogP contribution in [0.15, 0.2) is 154 Å². The first-order valence-electron chi connectivity index (χ1n) is 26.1. The van der Waals surface area contributed by atoms with Gasteiger partial charge >= 0.3 is 12.4 Å². The summed E-state index contributed by atoms with van der Waals surface area (Å²) in [5.74, 6) is 2.88. The molecule has 6 aromatic rings. The number of ether oxygens (including phenoxy) is 6. The van der Waals surface area contributed by atoms with Crippen LogP contribution in [0.4, 0.5) is 60.5 Å². The molecule has 0 aliphatic rings. The number of hydrogen-bond acceptors (Lipinski definition) is 12. The standard InChI is InChI=1S/C59H68F6N6O6/c1-3-5-35-72-49-25-17-45(18-26-49)68-70-47-21-29-51(30-22-47)74-37-11-7-9-13-39-76-55-33-15-43(41-53(55)66)57(58(60,61)62,59(63,64)65)44-16-34-56(54(67)42-44)77-40-14-10-8-12-38-75-52-31-23-48(24-32-52)71-69-46-19-27-50(28-20-46)73-36-6-4-2/h15-34,41-42H,3-14,35-40,66-67H2,1-2H3. The predicted molar refractivity (Wildman–Crippen MR) is 288 cm³/mol. The third kappa shape index (κ3) is 17.8. The highest BCUT2D eigenvalue weighted by Crippen LogP contribution is 2.57. The van der Waals surface area contributed by atoms with Crippen molar-refractivity contribution in [2.24, 2.45) is 20.5 Å². The number of benzene rings is 6. The topological polar surface area (TPSA) is 157 Å². The average Bonchev–Trinajstić information content (AvgIpc) is 3.48. The van der Waals surface area contributed by atoms with Gasteiger partial charge in [0.1, 0.15) is 34.5 Å². The van der Waals surface area contributed by atoms with Crippen LogP contribution in [0.1, 0.15) is 102 Å². The molecule has 0 spiro atoms. The van der Waals surface area contributed by atoms with Crippen LogP contribution >= 0.6 is 0 Å². The second kappa shape index (κ2) is 29.7. The molecule has 12 nitrogen and oxygen atoms in total. The van der Waals surface area contributed by atoms with E-state index >= 15 is 26.3 Å². The van der Waals surface area contributed by atoms with Gasteiger partial charge in [-0.1, -0.05) is 38.8 Å². The summed E-state index contributed by atoms with van der Waals surface area (Å²) in [4.78, 5) is 0. The SMILES string of the molecule is CCCCOc1ccc(N=Nc2ccc(OCCCCCCOc3ccc(C(c4ccc(OCCCCCCOc5ccc(N=Nc6ccc(OCCCC)cc6)cc5)c(N)c4)(C(F)(F)F)C(F)(F)F)cc3N)cc2)cc1. The summed E-state index contributed by atoms with van der Waals surface area (Å²) in [5.41, 5.74) is 7.43. The van der Waals surface area contributed by atoms with Crippen LogP contribution in [-0.2, 0) is 5.41 Å². The number of hydrogen-bond donors (Lipinski definition) is 2. The van der Waals surface area contributed by atoms with Crippen molar-refractivity contribution in [1.82, 2.24) is 0 Å². The maximum Gasteiger partial charge on any atom is 0.411 e. The molecule has 18 heteroatoms. The van der Waals surface area contributed by atoms with E-state index in [-0.39, 0.29) is 36.1 Å². The van der Waals surface area contributed by atoms with Crippen molar-refractivity contribution in [3.63, 3.8) is 0 Å². The van der Waals surface area contributed by atoms with Crippen molar-refractivity contribution in [3.8, 4) is 34.5 Å². The molecule has 0 radical (unpaired) electrons. The molecule has 0 fully saturated rings. The van der Waals surface area contributed by atoms with E-state index in [0.29, 0.717) is 85.7 Å². The van der Waals surface area contributed by atoms with Crippen molar-refractivity contribution < 1.29 is 54.8 Å². The summed E-state index contributed by atoms with van der Waals surface area (Å²) in [7, 11) is 0. The van der Waals surface area contributed by atoms with Gasteiger partial charge in [0.15, 0.2) is 0 Å². The van der Waals surface area contributed by atoms with E-state index in [0.717, 1.165) is 100.0 Å². The van der Waals surface area contributed by atoms with Crippen molar-refractivity contribution in [2.75, 3.05) is 51.1 Å². The lowest BCUT2D eigenvalue weighted by Gasteiger charge is -2.38. The number of nitrogens with zero attached hydrogens (tertiary/aromatic N) is 4. The fraction of sp³-hybridized carbons (Fsp3) is 0.390. The van der Waals surface area contributed by atoms with Crippen LogP contribution in [0.5, 0.6) is 34.5 Å². The number of alkyl halides is 6. The minimum atomic E-state index is -5.84. The van der Waals surface area contributed by atoms with Crippen LogP contribution in [0, 0.1) is 0 Å². The van der Waals surface area contributed by atoms with E-state index in [2.05, 4.69) is 34.3 Å². The second-order valence-corrected chi connectivity index (χ2v) is 18.3. The molecule has 6 rings (SSSR count). The van der Waals surface area contributed by atoms with E-state index in [1.54, 1.807) is 24.3 Å². The molecule has 0 aliphatic carbocycles. The van der Waals surface area contributed by atoms with Crippen LogP contribution in [0.3, 0.4) is 0 Å². The zero-order valence-corrected chi connectivity index (χ0v) is 43.6. The molecule has 6 aromatic carbocycles. The number of unbranched alkanes of at least 4 members (excludes halogenated alkanes) is 8. The molecule has 0 aromatic heterocycles. The Balaban J connectivity index is 0.894. The summed E-state index contributed by atoms with van der Waals surface area (Å²) in [5, 5.41) is 17.1. The predicted octanol–water partition coefficient (Wildman–Crippen LogP) is 17.5. The lowest BCUT2D eigenvalue weighted by molar-refractivity contribution is -0.288. The number of rotatable bonds is 32. The van der Waals surface area contributed by atoms with E-state index in [1.807, 2.05) is 72.8 Å². The Labute approximate surface area is 446 Å². The molecule has 0 saturated heterocycles. The van der Waals surface area contributed by atoms with Gasteiger partial charge in [-0.05, 0) is 197 Å². The summed E-state index contributed by atoms with van der Waals surface area (Å²) in [6.07, 6.45) is -1.93. The maximum atomic E-state index is 15.0. The van der Waals surface area contributed by atoms with Crippen molar-refractivity contribution in [1.29, 1.82) is 0 Å². The van der Waals surface area contributed by atoms with E-state index in [9.17, 15) is 0 Å². The summed E-state index contributed by atoms with van der Waals surface area (Å²) in [6, 6.07) is 34.2. The third-order valence-electron chi connectivity index (χ3n) is 12.3. The van der Waals surface area contributed by atoms with Crippen LogP contribution in [-0.4, -0.2) is 52.0 Å². The van der Waals surface area contributed by atoms with Crippen LogP contribution < -0.4 is 39.9 Å². The highest BCUT2D eigenvalue weighted by atomic mass is 19.4. The van der Waals surface area contributed by atoms with E-state index < -0.39 is 28.9 Å². The molecule has 4 N–H and O–H groups in total. The minimum Gasteiger partial charge on any atom is -0.494 e. The summed E-state index contributed by atoms with van der Waals surface area (Å²) in [6.45, 7) is 6.78. The largest absolute Gasteiger partial charge is 0.494 e. The van der Waals surface area contributed by atoms with Crippen molar-refractivity contribution in [2.45, 2.75) is 109 Å². The molecule has 0 heterocycles. The van der Waals surface area contributed by atoms with Gasteiger partial charge in [0, 0.05) is 0 Å². The molecule has 0 aliphatic heterocycles. The Morgan fingerprint density at radius 1 is 0.338 bits per heavy atom. The minimum absolute atomic E-state index is 0.0313. The van der Waals surface area contributed by atoms with Gasteiger partial charge in [0.2, 0.25) is 5.41 Å². The second-order valence-electron chi connectivity index (χ2n) is 18.3. The van der Waals surface area contributed by atoms with Crippen LogP contribution in [0.25, 0.3) is 0 Å². The normalized spacial score (nSPS) is 12.1. The molecule has 0 atom stereocenters. The Morgan fingerprint density at radius 3 is 0.844 bits per heavy atom.